The molecule has 0 saturated carbocycles. The second-order valence-corrected chi connectivity index (χ2v) is 10.8. The van der Waals surface area contributed by atoms with E-state index < -0.39 is 15.3 Å². The zero-order valence-electron chi connectivity index (χ0n) is 17.2. The Morgan fingerprint density at radius 3 is 2.55 bits per heavy atom. The maximum atomic E-state index is 12.9. The molecule has 2 aliphatic rings. The molecule has 166 valence electrons. The van der Waals surface area contributed by atoms with Crippen LogP contribution in [0.4, 0.5) is 5.69 Å². The molecule has 1 unspecified atom stereocenters. The SMILES string of the molecule is CC(Sc1ccc(S(=O)(=O)N2CCCCCC2)cn1)C(=O)Nc1ccc2c(c1)OCO2. The van der Waals surface area contributed by atoms with Crippen molar-refractivity contribution in [3.05, 3.63) is 36.5 Å². The number of carbonyl (C=O) groups is 1. The van der Waals surface area contributed by atoms with Gasteiger partial charge in [0, 0.05) is 31.0 Å². The fourth-order valence-corrected chi connectivity index (χ4v) is 5.72. The molecule has 8 nitrogen and oxygen atoms in total. The van der Waals surface area contributed by atoms with E-state index in [1.165, 1.54) is 18.0 Å². The zero-order chi connectivity index (χ0) is 21.8. The molecule has 1 fully saturated rings. The van der Waals surface area contributed by atoms with Crippen molar-refractivity contribution in [1.82, 2.24) is 9.29 Å². The first-order chi connectivity index (χ1) is 14.9. The first-order valence-corrected chi connectivity index (χ1v) is 12.6. The maximum absolute atomic E-state index is 12.9. The Morgan fingerprint density at radius 2 is 1.84 bits per heavy atom. The first kappa shape index (κ1) is 21.9. The molecule has 3 heterocycles. The number of rotatable bonds is 6. The number of aromatic nitrogens is 1. The quantitative estimate of drug-likeness (QED) is 0.655. The van der Waals surface area contributed by atoms with Gasteiger partial charge in [-0.2, -0.15) is 4.31 Å². The second-order valence-electron chi connectivity index (χ2n) is 7.47. The minimum Gasteiger partial charge on any atom is -0.454 e. The summed E-state index contributed by atoms with van der Waals surface area (Å²) in [6, 6.07) is 8.44. The number of benzene rings is 1. The highest BCUT2D eigenvalue weighted by Gasteiger charge is 2.26. The van der Waals surface area contributed by atoms with E-state index in [0.717, 1.165) is 25.7 Å². The molecule has 4 rings (SSSR count). The Hall–Kier alpha value is -2.30. The van der Waals surface area contributed by atoms with Crippen LogP contribution in [-0.2, 0) is 14.8 Å². The topological polar surface area (TPSA) is 97.8 Å². The van der Waals surface area contributed by atoms with Gasteiger partial charge in [0.05, 0.1) is 10.3 Å². The van der Waals surface area contributed by atoms with Gasteiger partial charge in [-0.3, -0.25) is 4.79 Å². The fraction of sp³-hybridized carbons (Fsp3) is 0.429. The van der Waals surface area contributed by atoms with E-state index in [1.54, 1.807) is 41.6 Å². The highest BCUT2D eigenvalue weighted by atomic mass is 32.2. The van der Waals surface area contributed by atoms with Gasteiger partial charge in [0.1, 0.15) is 4.90 Å². The molecular weight excluding hydrogens is 438 g/mol. The number of fused-ring (bicyclic) bond motifs is 1. The van der Waals surface area contributed by atoms with Gasteiger partial charge in [0.15, 0.2) is 11.5 Å². The van der Waals surface area contributed by atoms with E-state index >= 15 is 0 Å². The normalized spacial score (nSPS) is 17.7. The molecule has 1 N–H and O–H groups in total. The van der Waals surface area contributed by atoms with Crippen LogP contribution < -0.4 is 14.8 Å². The summed E-state index contributed by atoms with van der Waals surface area (Å²) in [4.78, 5) is 17.0. The Bertz CT molecular complexity index is 1040. The summed E-state index contributed by atoms with van der Waals surface area (Å²) in [5, 5.41) is 3.01. The number of thioether (sulfide) groups is 1. The number of anilines is 1. The van der Waals surface area contributed by atoms with E-state index in [4.69, 9.17) is 9.47 Å². The molecule has 1 aromatic carbocycles. The van der Waals surface area contributed by atoms with Crippen LogP contribution in [-0.4, -0.2) is 48.7 Å². The number of nitrogens with one attached hydrogen (secondary N) is 1. The third-order valence-corrected chi connectivity index (χ3v) is 8.15. The molecule has 0 aliphatic carbocycles. The van der Waals surface area contributed by atoms with Crippen molar-refractivity contribution in [3.63, 3.8) is 0 Å². The van der Waals surface area contributed by atoms with Gasteiger partial charge < -0.3 is 14.8 Å². The average Bonchev–Trinajstić information content (AvgIpc) is 3.04. The van der Waals surface area contributed by atoms with Crippen molar-refractivity contribution < 1.29 is 22.7 Å². The summed E-state index contributed by atoms with van der Waals surface area (Å²) in [5.41, 5.74) is 0.619. The number of hydrogen-bond donors (Lipinski definition) is 1. The number of amides is 1. The molecule has 0 bridgehead atoms. The molecule has 1 aromatic heterocycles. The number of sulfonamides is 1. The summed E-state index contributed by atoms with van der Waals surface area (Å²) in [5.74, 6) is 1.06. The average molecular weight is 464 g/mol. The standard InChI is InChI=1S/C21H25N3O5S2/c1-15(21(25)23-16-6-8-18-19(12-16)29-14-28-18)30-20-9-7-17(13-22-20)31(26,27)24-10-4-2-3-5-11-24/h6-9,12-13,15H,2-5,10-11,14H2,1H3,(H,23,25). The van der Waals surface area contributed by atoms with E-state index in [2.05, 4.69) is 10.3 Å². The molecule has 0 spiro atoms. The summed E-state index contributed by atoms with van der Waals surface area (Å²) in [6.07, 6.45) is 5.27. The molecule has 0 radical (unpaired) electrons. The summed E-state index contributed by atoms with van der Waals surface area (Å²) >= 11 is 1.27. The van der Waals surface area contributed by atoms with Gasteiger partial charge in [-0.25, -0.2) is 13.4 Å². The third kappa shape index (κ3) is 5.13. The highest BCUT2D eigenvalue weighted by Crippen LogP contribution is 2.34. The molecule has 2 aliphatic heterocycles. The lowest BCUT2D eigenvalue weighted by molar-refractivity contribution is -0.115. The lowest BCUT2D eigenvalue weighted by Gasteiger charge is -2.19. The van der Waals surface area contributed by atoms with Gasteiger partial charge >= 0.3 is 0 Å². The minimum absolute atomic E-state index is 0.175. The number of ether oxygens (including phenoxy) is 2. The summed E-state index contributed by atoms with van der Waals surface area (Å²) in [7, 11) is -3.53. The predicted octanol–water partition coefficient (Wildman–Crippen LogP) is 3.49. The van der Waals surface area contributed by atoms with Gasteiger partial charge in [0.2, 0.25) is 22.7 Å². The minimum atomic E-state index is -3.53. The first-order valence-electron chi connectivity index (χ1n) is 10.3. The number of carbonyl (C=O) groups excluding carboxylic acids is 1. The predicted molar refractivity (Wildman–Crippen MR) is 118 cm³/mol. The van der Waals surface area contributed by atoms with Crippen LogP contribution in [0.1, 0.15) is 32.6 Å². The van der Waals surface area contributed by atoms with E-state index in [1.807, 2.05) is 0 Å². The molecule has 1 atom stereocenters. The monoisotopic (exact) mass is 463 g/mol. The van der Waals surface area contributed by atoms with Crippen molar-refractivity contribution in [1.29, 1.82) is 0 Å². The van der Waals surface area contributed by atoms with Crippen LogP contribution in [0.5, 0.6) is 11.5 Å². The van der Waals surface area contributed by atoms with Crippen molar-refractivity contribution in [2.75, 3.05) is 25.2 Å². The van der Waals surface area contributed by atoms with Crippen LogP contribution in [0.25, 0.3) is 0 Å². The lowest BCUT2D eigenvalue weighted by atomic mass is 10.2. The van der Waals surface area contributed by atoms with Gasteiger partial charge in [-0.05, 0) is 44.0 Å². The Morgan fingerprint density at radius 1 is 1.10 bits per heavy atom. The molecule has 1 amide bonds. The molecule has 1 saturated heterocycles. The van der Waals surface area contributed by atoms with Gasteiger partial charge in [-0.15, -0.1) is 0 Å². The van der Waals surface area contributed by atoms with Crippen molar-refractivity contribution in [2.24, 2.45) is 0 Å². The van der Waals surface area contributed by atoms with Crippen LogP contribution in [0, 0.1) is 0 Å². The van der Waals surface area contributed by atoms with Crippen molar-refractivity contribution >= 4 is 33.4 Å². The Kier molecular flexibility index (Phi) is 6.68. The molecule has 2 aromatic rings. The van der Waals surface area contributed by atoms with Gasteiger partial charge in [-0.1, -0.05) is 24.6 Å². The third-order valence-electron chi connectivity index (χ3n) is 5.22. The van der Waals surface area contributed by atoms with E-state index in [0.29, 0.717) is 35.3 Å². The summed E-state index contributed by atoms with van der Waals surface area (Å²) < 4.78 is 37.9. The zero-order valence-corrected chi connectivity index (χ0v) is 18.9. The molecule has 31 heavy (non-hydrogen) atoms. The number of pyridine rings is 1. The largest absolute Gasteiger partial charge is 0.454 e. The smallest absolute Gasteiger partial charge is 0.244 e. The number of hydrogen-bond acceptors (Lipinski definition) is 7. The van der Waals surface area contributed by atoms with Crippen LogP contribution in [0.3, 0.4) is 0 Å². The summed E-state index contributed by atoms with van der Waals surface area (Å²) in [6.45, 7) is 3.05. The van der Waals surface area contributed by atoms with E-state index in [9.17, 15) is 13.2 Å². The second kappa shape index (κ2) is 9.46. The van der Waals surface area contributed by atoms with Crippen LogP contribution >= 0.6 is 11.8 Å². The van der Waals surface area contributed by atoms with Crippen LogP contribution in [0.2, 0.25) is 0 Å². The Balaban J connectivity index is 1.37. The highest BCUT2D eigenvalue weighted by molar-refractivity contribution is 8.00. The maximum Gasteiger partial charge on any atom is 0.244 e. The van der Waals surface area contributed by atoms with Gasteiger partial charge in [0.25, 0.3) is 0 Å². The van der Waals surface area contributed by atoms with Crippen molar-refractivity contribution in [3.8, 4) is 11.5 Å². The lowest BCUT2D eigenvalue weighted by Crippen LogP contribution is -2.32. The van der Waals surface area contributed by atoms with E-state index in [-0.39, 0.29) is 17.6 Å². The van der Waals surface area contributed by atoms with Crippen molar-refractivity contribution in [2.45, 2.75) is 47.8 Å². The van der Waals surface area contributed by atoms with Crippen LogP contribution in [0.15, 0.2) is 46.5 Å². The number of nitrogens with zero attached hydrogens (tertiary/aromatic N) is 2. The molecular formula is C21H25N3O5S2. The Labute approximate surface area is 186 Å². The fourth-order valence-electron chi connectivity index (χ4n) is 3.47. The molecule has 10 heteroatoms.